The Hall–Kier alpha value is -1.28. The summed E-state index contributed by atoms with van der Waals surface area (Å²) in [5.41, 5.74) is 1.12. The molecule has 0 atom stereocenters. The SMILES string of the molecule is C=CCNC(=NCc1cccc(OCCN(C)C)c1)NCC.I. The molecule has 1 rings (SSSR count). The van der Waals surface area contributed by atoms with Gasteiger partial charge in [0.15, 0.2) is 5.96 Å². The summed E-state index contributed by atoms with van der Waals surface area (Å²) in [5.74, 6) is 1.68. The van der Waals surface area contributed by atoms with Crippen LogP contribution in [-0.4, -0.2) is 51.2 Å². The van der Waals surface area contributed by atoms with Gasteiger partial charge in [0.1, 0.15) is 12.4 Å². The fourth-order valence-electron chi connectivity index (χ4n) is 1.76. The number of benzene rings is 1. The summed E-state index contributed by atoms with van der Waals surface area (Å²) in [5, 5.41) is 6.39. The Balaban J connectivity index is 0.00000484. The van der Waals surface area contributed by atoms with Crippen molar-refractivity contribution in [1.29, 1.82) is 0 Å². The quantitative estimate of drug-likeness (QED) is 0.273. The van der Waals surface area contributed by atoms with Gasteiger partial charge in [-0.1, -0.05) is 18.2 Å². The predicted octanol–water partition coefficient (Wildman–Crippen LogP) is 2.49. The number of likely N-dealkylation sites (N-methyl/N-ethyl adjacent to an activating group) is 1. The summed E-state index contributed by atoms with van der Waals surface area (Å²) in [6.07, 6.45) is 1.81. The summed E-state index contributed by atoms with van der Waals surface area (Å²) in [4.78, 5) is 6.65. The van der Waals surface area contributed by atoms with Crippen molar-refractivity contribution >= 4 is 29.9 Å². The molecule has 130 valence electrons. The Kier molecular flexibility index (Phi) is 12.5. The molecule has 6 heteroatoms. The third-order valence-electron chi connectivity index (χ3n) is 2.88. The molecule has 0 saturated heterocycles. The number of halogens is 1. The molecule has 2 N–H and O–H groups in total. The van der Waals surface area contributed by atoms with Crippen molar-refractivity contribution in [3.8, 4) is 5.75 Å². The molecule has 1 aromatic carbocycles. The Morgan fingerprint density at radius 3 is 2.78 bits per heavy atom. The Morgan fingerprint density at radius 1 is 1.35 bits per heavy atom. The van der Waals surface area contributed by atoms with Crippen molar-refractivity contribution in [3.63, 3.8) is 0 Å². The van der Waals surface area contributed by atoms with Gasteiger partial charge in [0.05, 0.1) is 6.54 Å². The van der Waals surface area contributed by atoms with Gasteiger partial charge in [-0.25, -0.2) is 4.99 Å². The average Bonchev–Trinajstić information content (AvgIpc) is 2.50. The fourth-order valence-corrected chi connectivity index (χ4v) is 1.76. The Bertz CT molecular complexity index is 477. The lowest BCUT2D eigenvalue weighted by atomic mass is 10.2. The van der Waals surface area contributed by atoms with E-state index in [2.05, 4.69) is 33.2 Å². The second-order valence-corrected chi connectivity index (χ2v) is 5.16. The predicted molar refractivity (Wildman–Crippen MR) is 109 cm³/mol. The van der Waals surface area contributed by atoms with E-state index >= 15 is 0 Å². The van der Waals surface area contributed by atoms with Crippen LogP contribution in [0.15, 0.2) is 41.9 Å². The number of hydrogen-bond donors (Lipinski definition) is 2. The smallest absolute Gasteiger partial charge is 0.191 e. The molecule has 0 heterocycles. The third kappa shape index (κ3) is 10.2. The molecule has 1 aromatic rings. The topological polar surface area (TPSA) is 48.9 Å². The number of guanidine groups is 1. The minimum Gasteiger partial charge on any atom is -0.492 e. The van der Waals surface area contributed by atoms with Gasteiger partial charge in [-0.15, -0.1) is 30.6 Å². The summed E-state index contributed by atoms with van der Waals surface area (Å²) in [6, 6.07) is 8.07. The van der Waals surface area contributed by atoms with Gasteiger partial charge in [0, 0.05) is 19.6 Å². The molecule has 0 aliphatic heterocycles. The zero-order chi connectivity index (χ0) is 16.2. The lowest BCUT2D eigenvalue weighted by Gasteiger charge is -2.12. The van der Waals surface area contributed by atoms with Gasteiger partial charge in [-0.3, -0.25) is 0 Å². The van der Waals surface area contributed by atoms with E-state index in [9.17, 15) is 0 Å². The molecular formula is C17H29IN4O. The number of rotatable bonds is 9. The highest BCUT2D eigenvalue weighted by molar-refractivity contribution is 14.0. The summed E-state index contributed by atoms with van der Waals surface area (Å²) >= 11 is 0. The molecular weight excluding hydrogens is 403 g/mol. The van der Waals surface area contributed by atoms with Gasteiger partial charge in [0.25, 0.3) is 0 Å². The van der Waals surface area contributed by atoms with E-state index in [1.807, 2.05) is 45.3 Å². The highest BCUT2D eigenvalue weighted by atomic mass is 127. The fraction of sp³-hybridized carbons (Fsp3) is 0.471. The second-order valence-electron chi connectivity index (χ2n) is 5.16. The summed E-state index contributed by atoms with van der Waals surface area (Å²) in [7, 11) is 4.07. The van der Waals surface area contributed by atoms with Crippen LogP contribution in [0.2, 0.25) is 0 Å². The summed E-state index contributed by atoms with van der Waals surface area (Å²) < 4.78 is 5.74. The van der Waals surface area contributed by atoms with Crippen LogP contribution in [-0.2, 0) is 6.54 Å². The Labute approximate surface area is 157 Å². The highest BCUT2D eigenvalue weighted by Gasteiger charge is 1.99. The molecule has 0 spiro atoms. The van der Waals surface area contributed by atoms with E-state index < -0.39 is 0 Å². The van der Waals surface area contributed by atoms with Crippen molar-refractivity contribution in [2.75, 3.05) is 40.3 Å². The van der Waals surface area contributed by atoms with Gasteiger partial charge < -0.3 is 20.3 Å². The molecule has 0 aliphatic rings. The first-order chi connectivity index (χ1) is 10.7. The molecule has 23 heavy (non-hydrogen) atoms. The van der Waals surface area contributed by atoms with Crippen LogP contribution in [0.25, 0.3) is 0 Å². The lowest BCUT2D eigenvalue weighted by Crippen LogP contribution is -2.37. The van der Waals surface area contributed by atoms with Crippen molar-refractivity contribution in [2.24, 2.45) is 4.99 Å². The van der Waals surface area contributed by atoms with Gasteiger partial charge >= 0.3 is 0 Å². The molecule has 5 nitrogen and oxygen atoms in total. The van der Waals surface area contributed by atoms with Crippen LogP contribution in [0.1, 0.15) is 12.5 Å². The number of hydrogen-bond acceptors (Lipinski definition) is 3. The normalized spacial score (nSPS) is 10.9. The van der Waals surface area contributed by atoms with Gasteiger partial charge in [0.2, 0.25) is 0 Å². The van der Waals surface area contributed by atoms with Crippen LogP contribution in [0.4, 0.5) is 0 Å². The average molecular weight is 432 g/mol. The molecule has 0 saturated carbocycles. The van der Waals surface area contributed by atoms with Crippen molar-refractivity contribution in [3.05, 3.63) is 42.5 Å². The zero-order valence-corrected chi connectivity index (χ0v) is 16.7. The molecule has 0 aliphatic carbocycles. The van der Waals surface area contributed by atoms with Crippen LogP contribution in [0.5, 0.6) is 5.75 Å². The lowest BCUT2D eigenvalue weighted by molar-refractivity contribution is 0.261. The van der Waals surface area contributed by atoms with Crippen molar-refractivity contribution in [1.82, 2.24) is 15.5 Å². The minimum atomic E-state index is 0. The van der Waals surface area contributed by atoms with E-state index in [0.717, 1.165) is 30.4 Å². The zero-order valence-electron chi connectivity index (χ0n) is 14.3. The number of ether oxygens (including phenoxy) is 1. The van der Waals surface area contributed by atoms with Crippen molar-refractivity contribution < 1.29 is 4.74 Å². The first-order valence-corrected chi connectivity index (χ1v) is 7.65. The number of aliphatic imine (C=N–C) groups is 1. The van der Waals surface area contributed by atoms with Gasteiger partial charge in [-0.2, -0.15) is 0 Å². The summed E-state index contributed by atoms with van der Waals surface area (Å²) in [6.45, 7) is 9.46. The molecule has 0 amide bonds. The first-order valence-electron chi connectivity index (χ1n) is 7.65. The Morgan fingerprint density at radius 2 is 2.13 bits per heavy atom. The highest BCUT2D eigenvalue weighted by Crippen LogP contribution is 2.14. The van der Waals surface area contributed by atoms with Crippen LogP contribution in [0.3, 0.4) is 0 Å². The van der Waals surface area contributed by atoms with E-state index in [-0.39, 0.29) is 24.0 Å². The largest absolute Gasteiger partial charge is 0.492 e. The standard InChI is InChI=1S/C17H28N4O.HI/c1-5-10-19-17(18-6-2)20-14-15-8-7-9-16(13-15)22-12-11-21(3)4;/h5,7-9,13H,1,6,10-12,14H2,2-4H3,(H2,18,19,20);1H. The number of nitrogens with one attached hydrogen (secondary N) is 2. The number of nitrogens with zero attached hydrogens (tertiary/aromatic N) is 2. The van der Waals surface area contributed by atoms with E-state index in [0.29, 0.717) is 19.7 Å². The second kappa shape index (κ2) is 13.2. The molecule has 0 aromatic heterocycles. The van der Waals surface area contributed by atoms with Crippen LogP contribution >= 0.6 is 24.0 Å². The minimum absolute atomic E-state index is 0. The van der Waals surface area contributed by atoms with E-state index in [1.54, 1.807) is 0 Å². The maximum absolute atomic E-state index is 5.74. The molecule has 0 unspecified atom stereocenters. The maximum Gasteiger partial charge on any atom is 0.191 e. The maximum atomic E-state index is 5.74. The first kappa shape index (κ1) is 21.7. The molecule has 0 bridgehead atoms. The van der Waals surface area contributed by atoms with E-state index in [4.69, 9.17) is 4.74 Å². The molecule has 0 fully saturated rings. The third-order valence-corrected chi connectivity index (χ3v) is 2.88. The van der Waals surface area contributed by atoms with E-state index in [1.165, 1.54) is 0 Å². The van der Waals surface area contributed by atoms with Gasteiger partial charge in [-0.05, 0) is 38.7 Å². The molecule has 0 radical (unpaired) electrons. The van der Waals surface area contributed by atoms with Crippen LogP contribution in [0, 0.1) is 0 Å². The van der Waals surface area contributed by atoms with Crippen LogP contribution < -0.4 is 15.4 Å². The van der Waals surface area contributed by atoms with Crippen molar-refractivity contribution in [2.45, 2.75) is 13.5 Å². The monoisotopic (exact) mass is 432 g/mol.